The summed E-state index contributed by atoms with van der Waals surface area (Å²) in [5.41, 5.74) is 16.9. The lowest BCUT2D eigenvalue weighted by Crippen LogP contribution is -2.41. The zero-order valence-corrected chi connectivity index (χ0v) is 80.2. The van der Waals surface area contributed by atoms with Crippen LogP contribution in [0.4, 0.5) is 45.5 Å². The molecule has 4 N–H and O–H groups in total. The molecule has 10 aromatic carbocycles. The molecule has 4 aliphatic heterocycles. The fraction of sp³-hybridized carbons (Fsp3) is 0.178. The predicted octanol–water partition coefficient (Wildman–Crippen LogP) is 17.3. The lowest BCUT2D eigenvalue weighted by atomic mass is 10.0. The number of ether oxygens (including phenoxy) is 3. The first kappa shape index (κ1) is 96.0. The van der Waals surface area contributed by atoms with Crippen LogP contribution in [0.25, 0.3) is 88.9 Å². The van der Waals surface area contributed by atoms with E-state index in [0.29, 0.717) is 123 Å². The molecule has 0 bridgehead atoms. The number of nitrogens with one attached hydrogen (secondary N) is 4. The van der Waals surface area contributed by atoms with Gasteiger partial charge in [-0.1, -0.05) is 72.6 Å². The van der Waals surface area contributed by atoms with Gasteiger partial charge in [0, 0.05) is 127 Å². The minimum absolute atomic E-state index is 0.0903. The van der Waals surface area contributed by atoms with Crippen LogP contribution in [0.1, 0.15) is 72.6 Å². The number of carbonyl (C=O) groups excluding carboxylic acids is 3. The number of rotatable bonds is 17. The highest BCUT2D eigenvalue weighted by atomic mass is 35.5. The zero-order valence-electron chi connectivity index (χ0n) is 75.4. The molecule has 3 amide bonds. The van der Waals surface area contributed by atoms with E-state index in [4.69, 9.17) is 30.8 Å². The van der Waals surface area contributed by atoms with Crippen molar-refractivity contribution in [3.63, 3.8) is 0 Å². The Bertz CT molecular complexity index is 7810. The Morgan fingerprint density at radius 3 is 1.36 bits per heavy atom. The number of halogens is 1. The van der Waals surface area contributed by atoms with Crippen molar-refractivity contribution in [1.29, 1.82) is 0 Å². The van der Waals surface area contributed by atoms with Gasteiger partial charge in [-0.2, -0.15) is 0 Å². The van der Waals surface area contributed by atoms with Gasteiger partial charge in [-0.3, -0.25) is 51.3 Å². The van der Waals surface area contributed by atoms with Gasteiger partial charge in [0.15, 0.2) is 29.5 Å². The molecule has 4 aliphatic rings. The van der Waals surface area contributed by atoms with Crippen molar-refractivity contribution in [3.8, 4) is 45.3 Å². The molecule has 20 rings (SSSR count). The van der Waals surface area contributed by atoms with Gasteiger partial charge in [-0.15, -0.1) is 0 Å². The molecule has 0 radical (unpaired) electrons. The first-order chi connectivity index (χ1) is 66.9. The first-order valence-corrected chi connectivity index (χ1v) is 52.3. The van der Waals surface area contributed by atoms with E-state index in [1.54, 1.807) is 159 Å². The molecule has 32 nitrogen and oxygen atoms in total. The maximum Gasteiger partial charge on any atom is 0.262 e. The normalized spacial score (nSPS) is 15.4. The van der Waals surface area contributed by atoms with Gasteiger partial charge >= 0.3 is 0 Å². The first-order valence-electron chi connectivity index (χ1n) is 44.0. The second-order valence-electron chi connectivity index (χ2n) is 32.9. The number of fused-ring (bicyclic) bond motifs is 4. The zero-order chi connectivity index (χ0) is 97.3. The average molecular weight is 1980 g/mol. The quantitative estimate of drug-likeness (QED) is 0.0658. The van der Waals surface area contributed by atoms with Gasteiger partial charge < -0.3 is 30.2 Å². The van der Waals surface area contributed by atoms with E-state index in [0.717, 1.165) is 101 Å². The van der Waals surface area contributed by atoms with Crippen LogP contribution in [-0.4, -0.2) is 169 Å². The van der Waals surface area contributed by atoms with Crippen LogP contribution in [0.2, 0.25) is 5.02 Å². The molecular formula is C101H91ClN16O16S5. The molecule has 4 fully saturated rings. The van der Waals surface area contributed by atoms with Gasteiger partial charge in [-0.25, -0.2) is 67.0 Å². The number of carbonyl (C=O) groups is 3. The van der Waals surface area contributed by atoms with Crippen molar-refractivity contribution < 1.29 is 70.7 Å². The largest absolute Gasteiger partial charge is 0.362 e. The third kappa shape index (κ3) is 22.3. The minimum Gasteiger partial charge on any atom is -0.362 e. The number of nitrogens with zero attached hydrogens (tertiary/aromatic N) is 12. The Labute approximate surface area is 807 Å². The molecule has 16 aromatic rings. The number of sulfonamides is 5. The number of aryl methyl sites for hydroxylation is 4. The Morgan fingerprint density at radius 2 is 0.820 bits per heavy atom. The number of hydrogen-bond donors (Lipinski definition) is 4. The highest BCUT2D eigenvalue weighted by Gasteiger charge is 2.32. The number of amides is 3. The van der Waals surface area contributed by atoms with Crippen LogP contribution < -0.4 is 37.9 Å². The Morgan fingerprint density at radius 1 is 0.367 bits per heavy atom. The van der Waals surface area contributed by atoms with E-state index < -0.39 is 50.1 Å². The maximum atomic E-state index is 13.3. The van der Waals surface area contributed by atoms with E-state index in [1.165, 1.54) is 23.3 Å². The van der Waals surface area contributed by atoms with Crippen LogP contribution in [0.5, 0.6) is 0 Å². The molecule has 139 heavy (non-hydrogen) atoms. The summed E-state index contributed by atoms with van der Waals surface area (Å²) in [6.45, 7) is 9.71. The van der Waals surface area contributed by atoms with Gasteiger partial charge in [0.25, 0.3) is 57.8 Å². The summed E-state index contributed by atoms with van der Waals surface area (Å²) in [4.78, 5) is 74.6. The molecule has 6 aromatic heterocycles. The summed E-state index contributed by atoms with van der Waals surface area (Å²) in [6, 6.07) is 72.5. The van der Waals surface area contributed by atoms with Crippen LogP contribution >= 0.6 is 11.6 Å². The number of anilines is 8. The van der Waals surface area contributed by atoms with Gasteiger partial charge in [-0.05, 0) is 257 Å². The van der Waals surface area contributed by atoms with E-state index >= 15 is 0 Å². The van der Waals surface area contributed by atoms with E-state index in [1.807, 2.05) is 148 Å². The molecule has 0 aliphatic carbocycles. The summed E-state index contributed by atoms with van der Waals surface area (Å²) in [5.74, 6) is -0.890. The molecule has 0 atom stereocenters. The number of pyridine rings is 4. The standard InChI is InChI=1S/C27H28N4O4S2.2C25H22N4O4S.C24H19ClN4O4S/c1-19-10-11-22(17-24(19)27-28-18-21-8-4-5-9-25(21)29-27)30-37(34,35)26-13-12-23(16-20(26)2)31-14-6-3-7-15-36(31,32)33;1-17-2-6-20(14-22(17)24-9-5-19-15-26-11-10-23(19)28-24)27-25(30)18-3-7-21(8-4-18)29-12-13-33-16-34(29,31)32;1-17-4-7-19(15-22(17)24-21-3-2-11-26-23(21)10-12-27-24)28-25(30)18-5-8-20(9-6-18)29-13-14-33-16-34(29,31)32;25-21-10-7-18(13-20(21)23-26-14-17-3-1-2-4-22(17)28-23)27-24(30)16-5-8-19(9-6-16)29-11-12-33-15-34(29,31)32/h4-5,8-13,16-18,30H,3,6-7,14-15H2,1-2H3;2-11,14-15H,12-13,16H2,1H3,(H,27,30);2-12,15H,13-14,16H2,1H3,(H,28,30);1-10,13-14H,11-12,15H2,(H,27,30). The molecule has 0 spiro atoms. The van der Waals surface area contributed by atoms with Crippen molar-refractivity contribution in [3.05, 3.63) is 330 Å². The van der Waals surface area contributed by atoms with Gasteiger partial charge in [0.1, 0.15) is 0 Å². The second kappa shape index (κ2) is 41.3. The predicted molar refractivity (Wildman–Crippen MR) is 541 cm³/mol. The SMILES string of the molecule is Cc1ccc(NC(=O)c2ccc(N3CCOCS3(=O)=O)cc2)cc1-c1ccc2cnccc2n1.Cc1ccc(NC(=O)c2ccc(N3CCOCS3(=O)=O)cc2)cc1-c1nccc2ncccc12.Cc1ccc(NS(=O)(=O)c2ccc(N3CCCCCS3(=O)=O)cc2C)cc1-c1ncc2ccccc2n1.O=C(Nc1ccc(Cl)c(-c2ncc3ccccc3n2)c1)c1ccc(N2CCOCS2(=O)=O)cc1. The fourth-order valence-electron chi connectivity index (χ4n) is 16.1. The Hall–Kier alpha value is -14.7. The van der Waals surface area contributed by atoms with Crippen molar-refractivity contribution in [1.82, 2.24) is 39.9 Å². The topological polar surface area (TPSA) is 414 Å². The second-order valence-corrected chi connectivity index (χ2v) is 42.5. The fourth-order valence-corrected chi connectivity index (χ4v) is 22.9. The molecule has 38 heteroatoms. The highest BCUT2D eigenvalue weighted by Crippen LogP contribution is 2.37. The highest BCUT2D eigenvalue weighted by molar-refractivity contribution is 7.94. The number of hydrogen-bond acceptors (Lipinski definition) is 24. The number of para-hydroxylation sites is 2. The Balaban J connectivity index is 0.000000128. The van der Waals surface area contributed by atoms with Crippen LogP contribution in [0.3, 0.4) is 0 Å². The molecule has 0 unspecified atom stereocenters. The summed E-state index contributed by atoms with van der Waals surface area (Å²) < 4.78 is 148. The summed E-state index contributed by atoms with van der Waals surface area (Å²) in [6.07, 6.45) is 12.7. The lowest BCUT2D eigenvalue weighted by molar-refractivity contribution is 0.101. The summed E-state index contributed by atoms with van der Waals surface area (Å²) in [7, 11) is -17.9. The van der Waals surface area contributed by atoms with E-state index in [2.05, 4.69) is 55.6 Å². The Kier molecular flexibility index (Phi) is 28.6. The van der Waals surface area contributed by atoms with Gasteiger partial charge in [0.05, 0.1) is 111 Å². The third-order valence-corrected chi connectivity index (χ3v) is 31.7. The van der Waals surface area contributed by atoms with Crippen molar-refractivity contribution in [2.24, 2.45) is 0 Å². The van der Waals surface area contributed by atoms with Crippen molar-refractivity contribution >= 4 is 169 Å². The van der Waals surface area contributed by atoms with Crippen LogP contribution in [0.15, 0.2) is 291 Å². The molecular weight excluding hydrogens is 1890 g/mol. The van der Waals surface area contributed by atoms with E-state index in [9.17, 15) is 56.5 Å². The van der Waals surface area contributed by atoms with Crippen molar-refractivity contribution in [2.45, 2.75) is 51.9 Å². The molecule has 10 heterocycles. The van der Waals surface area contributed by atoms with E-state index in [-0.39, 0.29) is 65.8 Å². The maximum absolute atomic E-state index is 13.3. The average Bonchev–Trinajstić information content (AvgIpc) is 1.68. The monoisotopic (exact) mass is 1980 g/mol. The van der Waals surface area contributed by atoms with Crippen LogP contribution in [0, 0.1) is 27.7 Å². The summed E-state index contributed by atoms with van der Waals surface area (Å²) in [5, 5.41) is 12.9. The smallest absolute Gasteiger partial charge is 0.262 e. The molecule has 0 saturated carbocycles. The molecule has 4 saturated heterocycles. The van der Waals surface area contributed by atoms with Crippen LogP contribution in [-0.2, 0) is 64.3 Å². The number of benzene rings is 10. The number of aromatic nitrogens is 8. The summed E-state index contributed by atoms with van der Waals surface area (Å²) >= 11 is 6.39. The van der Waals surface area contributed by atoms with Gasteiger partial charge in [0.2, 0.25) is 10.0 Å². The lowest BCUT2D eigenvalue weighted by Gasteiger charge is -2.28. The minimum atomic E-state index is -3.93. The molecule has 708 valence electrons. The van der Waals surface area contributed by atoms with Crippen molar-refractivity contribution in [2.75, 3.05) is 107 Å². The third-order valence-electron chi connectivity index (χ3n) is 23.3.